The van der Waals surface area contributed by atoms with Crippen molar-refractivity contribution < 1.29 is 18.3 Å². The molecule has 1 N–H and O–H groups in total. The lowest BCUT2D eigenvalue weighted by Crippen LogP contribution is -2.23. The van der Waals surface area contributed by atoms with Crippen LogP contribution in [-0.2, 0) is 6.18 Å². The van der Waals surface area contributed by atoms with Crippen molar-refractivity contribution in [3.8, 4) is 11.6 Å². The number of para-hydroxylation sites is 1. The average Bonchev–Trinajstić information content (AvgIpc) is 2.73. The fourth-order valence-corrected chi connectivity index (χ4v) is 3.50. The van der Waals surface area contributed by atoms with Gasteiger partial charge in [0.2, 0.25) is 5.88 Å². The molecule has 0 saturated carbocycles. The van der Waals surface area contributed by atoms with Crippen molar-refractivity contribution in [3.05, 3.63) is 99.3 Å². The largest absolute Gasteiger partial charge is 0.494 e. The van der Waals surface area contributed by atoms with Crippen LogP contribution in [-0.4, -0.2) is 15.9 Å². The van der Waals surface area contributed by atoms with Gasteiger partial charge in [0, 0.05) is 22.0 Å². The Morgan fingerprint density at radius 2 is 1.61 bits per heavy atom. The van der Waals surface area contributed by atoms with Gasteiger partial charge in [0.1, 0.15) is 0 Å². The Hall–Kier alpha value is -3.58. The molecule has 0 atom stereocenters. The van der Waals surface area contributed by atoms with Crippen LogP contribution in [0.1, 0.15) is 11.1 Å². The summed E-state index contributed by atoms with van der Waals surface area (Å²) in [7, 11) is 0. The van der Waals surface area contributed by atoms with Gasteiger partial charge in [-0.15, -0.1) is 0 Å². The van der Waals surface area contributed by atoms with Crippen molar-refractivity contribution in [2.24, 2.45) is 4.99 Å². The highest BCUT2D eigenvalue weighted by atomic mass is 35.5. The topological polar surface area (TPSA) is 54.6 Å². The highest BCUT2D eigenvalue weighted by molar-refractivity contribution is 6.30. The van der Waals surface area contributed by atoms with E-state index in [1.807, 2.05) is 0 Å². The molecule has 8 heteroatoms. The van der Waals surface area contributed by atoms with Gasteiger partial charge in [0.25, 0.3) is 5.56 Å². The lowest BCUT2D eigenvalue weighted by molar-refractivity contribution is -0.137. The van der Waals surface area contributed by atoms with E-state index in [4.69, 9.17) is 11.6 Å². The number of aromatic hydroxyl groups is 1. The zero-order valence-corrected chi connectivity index (χ0v) is 16.5. The third kappa shape index (κ3) is 3.92. The first-order valence-corrected chi connectivity index (χ1v) is 9.48. The van der Waals surface area contributed by atoms with Crippen molar-refractivity contribution >= 4 is 34.3 Å². The average molecular weight is 443 g/mol. The summed E-state index contributed by atoms with van der Waals surface area (Å²) in [6.45, 7) is 0. The Balaban J connectivity index is 2.03. The molecule has 1 aromatic heterocycles. The summed E-state index contributed by atoms with van der Waals surface area (Å²) in [6.07, 6.45) is -3.42. The van der Waals surface area contributed by atoms with E-state index in [1.165, 1.54) is 24.4 Å². The summed E-state index contributed by atoms with van der Waals surface area (Å²) in [5, 5.41) is 11.9. The third-order valence-corrected chi connectivity index (χ3v) is 4.94. The van der Waals surface area contributed by atoms with Gasteiger partial charge in [-0.25, -0.2) is 4.57 Å². The molecule has 0 saturated heterocycles. The van der Waals surface area contributed by atoms with Gasteiger partial charge in [-0.2, -0.15) is 13.2 Å². The minimum atomic E-state index is -4.72. The molecular formula is C23H14ClF3N2O2. The Kier molecular flexibility index (Phi) is 5.29. The van der Waals surface area contributed by atoms with Gasteiger partial charge in [0.05, 0.1) is 22.5 Å². The molecule has 31 heavy (non-hydrogen) atoms. The molecule has 156 valence electrons. The molecule has 3 aromatic carbocycles. The van der Waals surface area contributed by atoms with Gasteiger partial charge in [-0.3, -0.25) is 9.79 Å². The molecular weight excluding hydrogens is 429 g/mol. The molecule has 0 fully saturated rings. The summed E-state index contributed by atoms with van der Waals surface area (Å²) in [6, 6.07) is 17.5. The van der Waals surface area contributed by atoms with Crippen molar-refractivity contribution in [2.45, 2.75) is 6.18 Å². The monoisotopic (exact) mass is 442 g/mol. The second-order valence-corrected chi connectivity index (χ2v) is 7.11. The van der Waals surface area contributed by atoms with Crippen LogP contribution in [0.4, 0.5) is 18.9 Å². The quantitative estimate of drug-likeness (QED) is 0.389. The fourth-order valence-electron chi connectivity index (χ4n) is 3.32. The lowest BCUT2D eigenvalue weighted by Gasteiger charge is -2.18. The van der Waals surface area contributed by atoms with Crippen molar-refractivity contribution in [1.29, 1.82) is 0 Å². The highest BCUT2D eigenvalue weighted by Gasteiger charge is 2.34. The van der Waals surface area contributed by atoms with Gasteiger partial charge in [-0.05, 0) is 36.4 Å². The molecule has 4 rings (SSSR count). The molecule has 0 bridgehead atoms. The third-order valence-electron chi connectivity index (χ3n) is 4.70. The Labute approximate surface area is 179 Å². The van der Waals surface area contributed by atoms with Crippen molar-refractivity contribution in [3.63, 3.8) is 0 Å². The van der Waals surface area contributed by atoms with E-state index in [0.717, 1.165) is 12.1 Å². The van der Waals surface area contributed by atoms with E-state index >= 15 is 0 Å². The summed E-state index contributed by atoms with van der Waals surface area (Å²) in [5.41, 5.74) is -1.71. The second-order valence-electron chi connectivity index (χ2n) is 6.68. The van der Waals surface area contributed by atoms with Gasteiger partial charge >= 0.3 is 6.18 Å². The first-order valence-electron chi connectivity index (χ1n) is 9.10. The summed E-state index contributed by atoms with van der Waals surface area (Å²) in [4.78, 5) is 17.4. The number of hydrogen-bond acceptors (Lipinski definition) is 3. The van der Waals surface area contributed by atoms with Crippen LogP contribution in [0.2, 0.25) is 5.02 Å². The maximum Gasteiger partial charge on any atom is 0.418 e. The van der Waals surface area contributed by atoms with Crippen molar-refractivity contribution in [2.75, 3.05) is 0 Å². The molecule has 0 aliphatic rings. The molecule has 0 aliphatic carbocycles. The number of fused-ring (bicyclic) bond motifs is 1. The van der Waals surface area contributed by atoms with Crippen LogP contribution in [0.25, 0.3) is 16.5 Å². The number of aliphatic imine (C=N–C) groups is 1. The molecule has 4 nitrogen and oxygen atoms in total. The highest BCUT2D eigenvalue weighted by Crippen LogP contribution is 2.36. The summed E-state index contributed by atoms with van der Waals surface area (Å²) in [5.74, 6) is -0.647. The smallest absolute Gasteiger partial charge is 0.418 e. The number of hydrogen-bond donors (Lipinski definition) is 1. The maximum absolute atomic E-state index is 13.6. The second kappa shape index (κ2) is 7.92. The van der Waals surface area contributed by atoms with E-state index < -0.39 is 28.9 Å². The van der Waals surface area contributed by atoms with Crippen LogP contribution in [0.3, 0.4) is 0 Å². The number of alkyl halides is 3. The van der Waals surface area contributed by atoms with Crippen LogP contribution in [0.5, 0.6) is 5.88 Å². The Morgan fingerprint density at radius 3 is 2.32 bits per heavy atom. The normalized spacial score (nSPS) is 12.0. The van der Waals surface area contributed by atoms with Gasteiger partial charge in [0.15, 0.2) is 0 Å². The van der Waals surface area contributed by atoms with E-state index in [1.54, 1.807) is 42.5 Å². The van der Waals surface area contributed by atoms with E-state index in [-0.39, 0.29) is 10.9 Å². The molecule has 0 amide bonds. The van der Waals surface area contributed by atoms with Crippen LogP contribution >= 0.6 is 11.6 Å². The standard InChI is InChI=1S/C23H14ClF3N2O2/c24-14-6-5-7-15(12-14)28-13-18-16-8-1-2-9-17(16)21(30)29(22(18)31)20-11-4-3-10-19(20)23(25,26)27/h1-13,31H. The number of aromatic nitrogens is 1. The first-order chi connectivity index (χ1) is 14.8. The molecule has 0 spiro atoms. The predicted octanol–water partition coefficient (Wildman–Crippen LogP) is 6.12. The Bertz CT molecular complexity index is 1380. The fraction of sp³-hybridized carbons (Fsp3) is 0.0435. The zero-order valence-electron chi connectivity index (χ0n) is 15.8. The van der Waals surface area contributed by atoms with E-state index in [2.05, 4.69) is 4.99 Å². The number of benzene rings is 3. The van der Waals surface area contributed by atoms with E-state index in [9.17, 15) is 23.1 Å². The summed E-state index contributed by atoms with van der Waals surface area (Å²) < 4.78 is 41.4. The number of rotatable bonds is 3. The first kappa shape index (κ1) is 20.7. The SMILES string of the molecule is O=c1c2ccccc2c(C=Nc2cccc(Cl)c2)c(O)n1-c1ccccc1C(F)(F)F. The molecule has 0 unspecified atom stereocenters. The van der Waals surface area contributed by atoms with E-state index in [0.29, 0.717) is 20.7 Å². The van der Waals surface area contributed by atoms with Crippen molar-refractivity contribution in [1.82, 2.24) is 4.57 Å². The minimum absolute atomic E-state index is 0.104. The van der Waals surface area contributed by atoms with Crippen LogP contribution < -0.4 is 5.56 Å². The van der Waals surface area contributed by atoms with Crippen LogP contribution in [0.15, 0.2) is 82.6 Å². The number of nitrogens with zero attached hydrogens (tertiary/aromatic N) is 2. The predicted molar refractivity (Wildman–Crippen MR) is 115 cm³/mol. The maximum atomic E-state index is 13.6. The molecule has 1 heterocycles. The van der Waals surface area contributed by atoms with Crippen LogP contribution in [0, 0.1) is 0 Å². The van der Waals surface area contributed by atoms with Gasteiger partial charge < -0.3 is 5.11 Å². The summed E-state index contributed by atoms with van der Waals surface area (Å²) >= 11 is 5.96. The lowest BCUT2D eigenvalue weighted by atomic mass is 10.1. The Morgan fingerprint density at radius 1 is 0.935 bits per heavy atom. The minimum Gasteiger partial charge on any atom is -0.494 e. The number of halogens is 4. The van der Waals surface area contributed by atoms with Gasteiger partial charge in [-0.1, -0.05) is 48.0 Å². The molecule has 0 radical (unpaired) electrons. The molecule has 0 aliphatic heterocycles. The zero-order chi connectivity index (χ0) is 22.2. The number of pyridine rings is 1. The molecule has 4 aromatic rings.